The molecule has 1 N–H and O–H groups in total. The van der Waals surface area contributed by atoms with Crippen LogP contribution in [0.3, 0.4) is 0 Å². The molecule has 0 heterocycles. The number of rotatable bonds is 7. The molecule has 0 fully saturated rings. The summed E-state index contributed by atoms with van der Waals surface area (Å²) < 4.78 is 0. The lowest BCUT2D eigenvalue weighted by atomic mass is 10.1. The van der Waals surface area contributed by atoms with E-state index in [9.17, 15) is 14.9 Å². The van der Waals surface area contributed by atoms with Gasteiger partial charge in [0.05, 0.1) is 10.5 Å². The van der Waals surface area contributed by atoms with Crippen molar-refractivity contribution in [3.63, 3.8) is 0 Å². The van der Waals surface area contributed by atoms with Crippen LogP contribution in [0, 0.1) is 10.1 Å². The Balaban J connectivity index is 3.20. The number of nitrogens with zero attached hydrogens (tertiary/aromatic N) is 2. The van der Waals surface area contributed by atoms with Gasteiger partial charge in [-0.1, -0.05) is 19.9 Å². The number of anilines is 1. The molecule has 0 spiro atoms. The number of nitro benzene ring substituents is 1. The minimum absolute atomic E-state index is 0.0775. The topological polar surface area (TPSA) is 75.5 Å². The van der Waals surface area contributed by atoms with Crippen LogP contribution in [0.25, 0.3) is 0 Å². The first-order valence-electron chi connectivity index (χ1n) is 6.81. The monoisotopic (exact) mass is 279 g/mol. The second-order valence-corrected chi connectivity index (χ2v) is 4.50. The molecule has 1 amide bonds. The first-order chi connectivity index (χ1) is 9.56. The van der Waals surface area contributed by atoms with Gasteiger partial charge in [-0.25, -0.2) is 0 Å². The molecule has 0 saturated heterocycles. The van der Waals surface area contributed by atoms with Crippen LogP contribution < -0.4 is 5.32 Å². The molecule has 1 rings (SSSR count). The second kappa shape index (κ2) is 7.47. The van der Waals surface area contributed by atoms with Crippen LogP contribution in [-0.2, 0) is 0 Å². The van der Waals surface area contributed by atoms with Gasteiger partial charge in [-0.15, -0.1) is 0 Å². The number of amides is 1. The highest BCUT2D eigenvalue weighted by Crippen LogP contribution is 2.28. The van der Waals surface area contributed by atoms with Crippen LogP contribution in [0.1, 0.15) is 37.0 Å². The average Bonchev–Trinajstić information content (AvgIpc) is 2.45. The molecular weight excluding hydrogens is 258 g/mol. The van der Waals surface area contributed by atoms with Gasteiger partial charge >= 0.3 is 0 Å². The molecule has 0 radical (unpaired) electrons. The highest BCUT2D eigenvalue weighted by Gasteiger charge is 2.23. The summed E-state index contributed by atoms with van der Waals surface area (Å²) in [6.45, 7) is 5.31. The van der Waals surface area contributed by atoms with Gasteiger partial charge in [0, 0.05) is 26.2 Å². The standard InChI is InChI=1S/C14H21N3O3/c1-4-9-16(10-5-2)14(18)11-7-6-8-12(17(19)20)13(11)15-3/h6-8,15H,4-5,9-10H2,1-3H3. The predicted octanol–water partition coefficient (Wildman–Crippen LogP) is 2.90. The van der Waals surface area contributed by atoms with Gasteiger partial charge in [0.25, 0.3) is 11.6 Å². The molecule has 6 heteroatoms. The summed E-state index contributed by atoms with van der Waals surface area (Å²) in [6, 6.07) is 4.56. The largest absolute Gasteiger partial charge is 0.382 e. The summed E-state index contributed by atoms with van der Waals surface area (Å²) in [5, 5.41) is 13.8. The van der Waals surface area contributed by atoms with E-state index in [0.29, 0.717) is 18.7 Å². The Kier molecular flexibility index (Phi) is 5.96. The number of hydrogen-bond acceptors (Lipinski definition) is 4. The molecule has 6 nitrogen and oxygen atoms in total. The lowest BCUT2D eigenvalue weighted by Gasteiger charge is -2.22. The van der Waals surface area contributed by atoms with Crippen molar-refractivity contribution in [2.24, 2.45) is 0 Å². The van der Waals surface area contributed by atoms with E-state index < -0.39 is 4.92 Å². The van der Waals surface area contributed by atoms with E-state index >= 15 is 0 Å². The van der Waals surface area contributed by atoms with Crippen molar-refractivity contribution in [2.75, 3.05) is 25.5 Å². The highest BCUT2D eigenvalue weighted by molar-refractivity contribution is 6.01. The minimum atomic E-state index is -0.480. The third kappa shape index (κ3) is 3.46. The molecule has 0 atom stereocenters. The summed E-state index contributed by atoms with van der Waals surface area (Å²) in [5.74, 6) is -0.165. The van der Waals surface area contributed by atoms with Gasteiger partial charge in [-0.3, -0.25) is 14.9 Å². The van der Waals surface area contributed by atoms with Gasteiger partial charge < -0.3 is 10.2 Å². The number of hydrogen-bond donors (Lipinski definition) is 1. The summed E-state index contributed by atoms with van der Waals surface area (Å²) in [5.41, 5.74) is 0.551. The first kappa shape index (κ1) is 15.9. The SMILES string of the molecule is CCCN(CCC)C(=O)c1cccc([N+](=O)[O-])c1NC. The van der Waals surface area contributed by atoms with E-state index in [0.717, 1.165) is 12.8 Å². The van der Waals surface area contributed by atoms with E-state index in [4.69, 9.17) is 0 Å². The molecule has 0 aliphatic rings. The van der Waals surface area contributed by atoms with Gasteiger partial charge in [0.15, 0.2) is 0 Å². The van der Waals surface area contributed by atoms with Crippen molar-refractivity contribution >= 4 is 17.3 Å². The minimum Gasteiger partial charge on any atom is -0.382 e. The quantitative estimate of drug-likeness (QED) is 0.615. The predicted molar refractivity (Wildman–Crippen MR) is 79.1 cm³/mol. The fraction of sp³-hybridized carbons (Fsp3) is 0.500. The van der Waals surface area contributed by atoms with Crippen LogP contribution in [0.15, 0.2) is 18.2 Å². The van der Waals surface area contributed by atoms with Gasteiger partial charge in [0.2, 0.25) is 0 Å². The van der Waals surface area contributed by atoms with E-state index in [-0.39, 0.29) is 17.3 Å². The zero-order valence-electron chi connectivity index (χ0n) is 12.2. The molecule has 0 saturated carbocycles. The molecule has 0 aromatic heterocycles. The van der Waals surface area contributed by atoms with E-state index in [2.05, 4.69) is 5.32 Å². The number of carbonyl (C=O) groups is 1. The summed E-state index contributed by atoms with van der Waals surface area (Å²) in [4.78, 5) is 24.8. The van der Waals surface area contributed by atoms with Crippen LogP contribution in [0.4, 0.5) is 11.4 Å². The van der Waals surface area contributed by atoms with E-state index in [1.165, 1.54) is 6.07 Å². The Morgan fingerprint density at radius 2 is 1.90 bits per heavy atom. The maximum Gasteiger partial charge on any atom is 0.293 e. The highest BCUT2D eigenvalue weighted by atomic mass is 16.6. The third-order valence-corrected chi connectivity index (χ3v) is 2.99. The summed E-state index contributed by atoms with van der Waals surface area (Å²) >= 11 is 0. The fourth-order valence-electron chi connectivity index (χ4n) is 2.16. The maximum absolute atomic E-state index is 12.5. The number of nitro groups is 1. The smallest absolute Gasteiger partial charge is 0.293 e. The average molecular weight is 279 g/mol. The van der Waals surface area contributed by atoms with Crippen molar-refractivity contribution in [2.45, 2.75) is 26.7 Å². The molecule has 20 heavy (non-hydrogen) atoms. The Labute approximate surface area is 118 Å². The van der Waals surface area contributed by atoms with Crippen molar-refractivity contribution < 1.29 is 9.72 Å². The van der Waals surface area contributed by atoms with Crippen LogP contribution in [0.2, 0.25) is 0 Å². The molecule has 0 unspecified atom stereocenters. The number of para-hydroxylation sites is 1. The molecule has 1 aromatic carbocycles. The van der Waals surface area contributed by atoms with Crippen molar-refractivity contribution in [1.29, 1.82) is 0 Å². The maximum atomic E-state index is 12.5. The van der Waals surface area contributed by atoms with Gasteiger partial charge in [-0.05, 0) is 18.9 Å². The molecule has 0 aliphatic heterocycles. The molecule has 0 bridgehead atoms. The molecule has 0 aliphatic carbocycles. The van der Waals surface area contributed by atoms with Crippen molar-refractivity contribution in [3.8, 4) is 0 Å². The Hall–Kier alpha value is -2.11. The van der Waals surface area contributed by atoms with Gasteiger partial charge in [0.1, 0.15) is 5.69 Å². The third-order valence-electron chi connectivity index (χ3n) is 2.99. The normalized spacial score (nSPS) is 10.2. The molecule has 1 aromatic rings. The lowest BCUT2D eigenvalue weighted by Crippen LogP contribution is -2.33. The van der Waals surface area contributed by atoms with E-state index in [1.54, 1.807) is 24.1 Å². The second-order valence-electron chi connectivity index (χ2n) is 4.50. The van der Waals surface area contributed by atoms with Crippen molar-refractivity contribution in [1.82, 2.24) is 4.90 Å². The number of nitrogens with one attached hydrogen (secondary N) is 1. The first-order valence-corrected chi connectivity index (χ1v) is 6.81. The Morgan fingerprint density at radius 3 is 2.35 bits per heavy atom. The van der Waals surface area contributed by atoms with Gasteiger partial charge in [-0.2, -0.15) is 0 Å². The molecular formula is C14H21N3O3. The summed E-state index contributed by atoms with van der Waals surface area (Å²) in [6.07, 6.45) is 1.71. The number of benzene rings is 1. The van der Waals surface area contributed by atoms with E-state index in [1.807, 2.05) is 13.8 Å². The summed E-state index contributed by atoms with van der Waals surface area (Å²) in [7, 11) is 1.59. The zero-order chi connectivity index (χ0) is 15.1. The van der Waals surface area contributed by atoms with Crippen LogP contribution >= 0.6 is 0 Å². The van der Waals surface area contributed by atoms with Crippen LogP contribution in [-0.4, -0.2) is 35.9 Å². The zero-order valence-corrected chi connectivity index (χ0v) is 12.2. The van der Waals surface area contributed by atoms with Crippen molar-refractivity contribution in [3.05, 3.63) is 33.9 Å². The Morgan fingerprint density at radius 1 is 1.30 bits per heavy atom. The molecule has 110 valence electrons. The Bertz CT molecular complexity index is 483. The number of carbonyl (C=O) groups excluding carboxylic acids is 1. The fourth-order valence-corrected chi connectivity index (χ4v) is 2.16. The van der Waals surface area contributed by atoms with Crippen LogP contribution in [0.5, 0.6) is 0 Å². The lowest BCUT2D eigenvalue weighted by molar-refractivity contribution is -0.384.